The maximum Gasteiger partial charge on any atom is 0.239 e. The van der Waals surface area contributed by atoms with E-state index in [-0.39, 0.29) is 12.5 Å². The molecule has 0 radical (unpaired) electrons. The van der Waals surface area contributed by atoms with Crippen LogP contribution in [0.3, 0.4) is 0 Å². The van der Waals surface area contributed by atoms with Crippen molar-refractivity contribution in [3.05, 3.63) is 12.4 Å². The Labute approximate surface area is 117 Å². The van der Waals surface area contributed by atoms with Crippen molar-refractivity contribution in [1.82, 2.24) is 15.1 Å². The van der Waals surface area contributed by atoms with E-state index in [1.165, 1.54) is 10.9 Å². The number of nitrogens with zero attached hydrogens (tertiary/aromatic N) is 2. The fraction of sp³-hybridized carbons (Fsp3) is 0.615. The highest BCUT2D eigenvalue weighted by Gasteiger charge is 2.14. The van der Waals surface area contributed by atoms with Gasteiger partial charge >= 0.3 is 0 Å². The number of carbonyl (C=O) groups excluding carboxylic acids is 2. The van der Waals surface area contributed by atoms with Crippen LogP contribution in [0.15, 0.2) is 12.4 Å². The third-order valence-corrected chi connectivity index (χ3v) is 3.47. The lowest BCUT2D eigenvalue weighted by atomic mass is 9.93. The molecule has 2 amide bonds. The number of piperidine rings is 1. The highest BCUT2D eigenvalue weighted by atomic mass is 16.2. The van der Waals surface area contributed by atoms with Gasteiger partial charge in [-0.25, -0.2) is 0 Å². The topological polar surface area (TPSA) is 102 Å². The Morgan fingerprint density at radius 2 is 2.20 bits per heavy atom. The van der Waals surface area contributed by atoms with Gasteiger partial charge in [0, 0.05) is 12.6 Å². The van der Waals surface area contributed by atoms with Crippen LogP contribution in [0.2, 0.25) is 0 Å². The zero-order chi connectivity index (χ0) is 14.4. The van der Waals surface area contributed by atoms with E-state index >= 15 is 0 Å². The molecule has 0 unspecified atom stereocenters. The van der Waals surface area contributed by atoms with Crippen LogP contribution in [0.5, 0.6) is 0 Å². The zero-order valence-electron chi connectivity index (χ0n) is 11.5. The molecule has 1 aromatic heterocycles. The monoisotopic (exact) mass is 279 g/mol. The first-order valence-electron chi connectivity index (χ1n) is 6.95. The quantitative estimate of drug-likeness (QED) is 0.686. The first-order chi connectivity index (χ1) is 9.63. The molecule has 0 aromatic carbocycles. The molecule has 2 heterocycles. The Bertz CT molecular complexity index is 465. The Morgan fingerprint density at radius 3 is 2.90 bits per heavy atom. The van der Waals surface area contributed by atoms with E-state index in [4.69, 9.17) is 5.73 Å². The number of nitrogens with two attached hydrogens (primary N) is 1. The van der Waals surface area contributed by atoms with Crippen LogP contribution < -0.4 is 16.4 Å². The SMILES string of the molecule is NC(=O)Cn1cc(NC(=O)CCC2CCNCC2)cn1. The molecule has 1 aromatic rings. The third kappa shape index (κ3) is 4.65. The number of nitrogens with one attached hydrogen (secondary N) is 2. The Kier molecular flexibility index (Phi) is 5.11. The Balaban J connectivity index is 1.73. The van der Waals surface area contributed by atoms with Gasteiger partial charge in [-0.3, -0.25) is 14.3 Å². The van der Waals surface area contributed by atoms with Crippen molar-refractivity contribution in [3.8, 4) is 0 Å². The fourth-order valence-electron chi connectivity index (χ4n) is 2.40. The average Bonchev–Trinajstić information content (AvgIpc) is 2.84. The van der Waals surface area contributed by atoms with Gasteiger partial charge < -0.3 is 16.4 Å². The van der Waals surface area contributed by atoms with Gasteiger partial charge in [-0.15, -0.1) is 0 Å². The molecule has 0 spiro atoms. The summed E-state index contributed by atoms with van der Waals surface area (Å²) in [4.78, 5) is 22.6. The number of hydrogen-bond acceptors (Lipinski definition) is 4. The van der Waals surface area contributed by atoms with Crippen LogP contribution in [-0.4, -0.2) is 34.7 Å². The standard InChI is InChI=1S/C13H21N5O2/c14-12(19)9-18-8-11(7-16-18)17-13(20)2-1-10-3-5-15-6-4-10/h7-8,10,15H,1-6,9H2,(H2,14,19)(H,17,20). The lowest BCUT2D eigenvalue weighted by molar-refractivity contribution is -0.119. The molecule has 0 aliphatic carbocycles. The lowest BCUT2D eigenvalue weighted by Crippen LogP contribution is -2.28. The number of carbonyl (C=O) groups is 2. The van der Waals surface area contributed by atoms with Gasteiger partial charge in [-0.05, 0) is 38.3 Å². The van der Waals surface area contributed by atoms with Crippen molar-refractivity contribution in [2.45, 2.75) is 32.2 Å². The van der Waals surface area contributed by atoms with E-state index in [1.54, 1.807) is 6.20 Å². The maximum atomic E-state index is 11.8. The normalized spacial score (nSPS) is 16.0. The minimum Gasteiger partial charge on any atom is -0.368 e. The van der Waals surface area contributed by atoms with Gasteiger partial charge in [0.1, 0.15) is 6.54 Å². The molecule has 1 aliphatic heterocycles. The summed E-state index contributed by atoms with van der Waals surface area (Å²) in [5, 5.41) is 10.0. The van der Waals surface area contributed by atoms with Crippen molar-refractivity contribution in [1.29, 1.82) is 0 Å². The van der Waals surface area contributed by atoms with Crippen LogP contribution in [0.4, 0.5) is 5.69 Å². The van der Waals surface area contributed by atoms with Crippen molar-refractivity contribution < 1.29 is 9.59 Å². The molecule has 4 N–H and O–H groups in total. The summed E-state index contributed by atoms with van der Waals surface area (Å²) in [6.45, 7) is 2.11. The van der Waals surface area contributed by atoms with Crippen LogP contribution >= 0.6 is 0 Å². The van der Waals surface area contributed by atoms with Gasteiger partial charge in [-0.1, -0.05) is 0 Å². The molecule has 7 nitrogen and oxygen atoms in total. The molecule has 0 atom stereocenters. The molecule has 2 rings (SSSR count). The number of aromatic nitrogens is 2. The van der Waals surface area contributed by atoms with Crippen LogP contribution in [-0.2, 0) is 16.1 Å². The van der Waals surface area contributed by atoms with E-state index in [0.29, 0.717) is 18.0 Å². The summed E-state index contributed by atoms with van der Waals surface area (Å²) in [7, 11) is 0. The molecule has 20 heavy (non-hydrogen) atoms. The molecule has 0 bridgehead atoms. The lowest BCUT2D eigenvalue weighted by Gasteiger charge is -2.22. The van der Waals surface area contributed by atoms with Crippen LogP contribution in [0.1, 0.15) is 25.7 Å². The van der Waals surface area contributed by atoms with Crippen molar-refractivity contribution in [2.24, 2.45) is 11.7 Å². The number of hydrogen-bond donors (Lipinski definition) is 3. The molecule has 1 aliphatic rings. The van der Waals surface area contributed by atoms with Gasteiger partial charge in [0.05, 0.1) is 11.9 Å². The van der Waals surface area contributed by atoms with Crippen LogP contribution in [0, 0.1) is 5.92 Å². The summed E-state index contributed by atoms with van der Waals surface area (Å²) in [5.41, 5.74) is 5.67. The predicted molar refractivity (Wildman–Crippen MR) is 74.9 cm³/mol. The van der Waals surface area contributed by atoms with Crippen molar-refractivity contribution in [3.63, 3.8) is 0 Å². The fourth-order valence-corrected chi connectivity index (χ4v) is 2.40. The number of anilines is 1. The van der Waals surface area contributed by atoms with E-state index in [9.17, 15) is 9.59 Å². The second kappa shape index (κ2) is 7.04. The summed E-state index contributed by atoms with van der Waals surface area (Å²) in [6, 6.07) is 0. The van der Waals surface area contributed by atoms with E-state index in [2.05, 4.69) is 15.7 Å². The van der Waals surface area contributed by atoms with Gasteiger partial charge in [-0.2, -0.15) is 5.10 Å². The Hall–Kier alpha value is -1.89. The number of amides is 2. The second-order valence-corrected chi connectivity index (χ2v) is 5.17. The minimum absolute atomic E-state index is 0.0119. The highest BCUT2D eigenvalue weighted by molar-refractivity contribution is 5.90. The molecule has 110 valence electrons. The molecule has 0 saturated carbocycles. The van der Waals surface area contributed by atoms with Gasteiger partial charge in [0.2, 0.25) is 11.8 Å². The zero-order valence-corrected chi connectivity index (χ0v) is 11.5. The summed E-state index contributed by atoms with van der Waals surface area (Å²) < 4.78 is 1.41. The molecular formula is C13H21N5O2. The van der Waals surface area contributed by atoms with Gasteiger partial charge in [0.25, 0.3) is 0 Å². The summed E-state index contributed by atoms with van der Waals surface area (Å²) in [5.74, 6) is 0.165. The first-order valence-corrected chi connectivity index (χ1v) is 6.95. The third-order valence-electron chi connectivity index (χ3n) is 3.47. The van der Waals surface area contributed by atoms with E-state index < -0.39 is 5.91 Å². The van der Waals surface area contributed by atoms with Crippen molar-refractivity contribution in [2.75, 3.05) is 18.4 Å². The molecule has 1 saturated heterocycles. The predicted octanol–water partition coefficient (Wildman–Crippen LogP) is 0.0867. The van der Waals surface area contributed by atoms with Crippen LogP contribution in [0.25, 0.3) is 0 Å². The smallest absolute Gasteiger partial charge is 0.239 e. The minimum atomic E-state index is -0.461. The van der Waals surface area contributed by atoms with Gasteiger partial charge in [0.15, 0.2) is 0 Å². The first kappa shape index (κ1) is 14.5. The molecule has 1 fully saturated rings. The summed E-state index contributed by atoms with van der Waals surface area (Å²) >= 11 is 0. The number of primary amides is 1. The molecular weight excluding hydrogens is 258 g/mol. The Morgan fingerprint density at radius 1 is 1.45 bits per heavy atom. The number of rotatable bonds is 6. The second-order valence-electron chi connectivity index (χ2n) is 5.17. The molecule has 7 heteroatoms. The highest BCUT2D eigenvalue weighted by Crippen LogP contribution is 2.18. The average molecular weight is 279 g/mol. The maximum absolute atomic E-state index is 11.8. The van der Waals surface area contributed by atoms with E-state index in [0.717, 1.165) is 32.4 Å². The summed E-state index contributed by atoms with van der Waals surface area (Å²) in [6.07, 6.45) is 6.85. The largest absolute Gasteiger partial charge is 0.368 e. The van der Waals surface area contributed by atoms with E-state index in [1.807, 2.05) is 0 Å². The van der Waals surface area contributed by atoms with Crippen molar-refractivity contribution >= 4 is 17.5 Å².